The minimum atomic E-state index is -0.407. The molecule has 0 radical (unpaired) electrons. The van der Waals surface area contributed by atoms with Gasteiger partial charge in [0.05, 0.1) is 18.6 Å². The Hall–Kier alpha value is -3.08. The molecule has 3 aromatic rings. The van der Waals surface area contributed by atoms with E-state index in [1.54, 1.807) is 6.33 Å². The van der Waals surface area contributed by atoms with Crippen LogP contribution in [-0.4, -0.2) is 22.3 Å². The molecule has 0 fully saturated rings. The number of rotatable bonds is 7. The van der Waals surface area contributed by atoms with Gasteiger partial charge in [0, 0.05) is 11.8 Å². The lowest BCUT2D eigenvalue weighted by Crippen LogP contribution is -2.30. The van der Waals surface area contributed by atoms with E-state index in [2.05, 4.69) is 41.5 Å². The summed E-state index contributed by atoms with van der Waals surface area (Å²) in [5.74, 6) is 0. The number of nitrogens with zero attached hydrogens (tertiary/aromatic N) is 2. The minimum Gasteiger partial charge on any atom is -0.450 e. The lowest BCUT2D eigenvalue weighted by Gasteiger charge is -2.15. The van der Waals surface area contributed by atoms with Crippen molar-refractivity contribution >= 4 is 6.09 Å². The van der Waals surface area contributed by atoms with E-state index in [1.165, 1.54) is 0 Å². The monoisotopic (exact) mass is 363 g/mol. The predicted molar refractivity (Wildman–Crippen MR) is 107 cm³/mol. The van der Waals surface area contributed by atoms with Crippen molar-refractivity contribution in [1.29, 1.82) is 0 Å². The second-order valence-corrected chi connectivity index (χ2v) is 6.43. The van der Waals surface area contributed by atoms with Gasteiger partial charge in [-0.3, -0.25) is 0 Å². The maximum atomic E-state index is 11.9. The molecule has 0 saturated heterocycles. The third kappa shape index (κ3) is 4.76. The number of ether oxygens (including phenoxy) is 1. The van der Waals surface area contributed by atoms with Crippen LogP contribution in [0.25, 0.3) is 22.4 Å². The van der Waals surface area contributed by atoms with Gasteiger partial charge in [-0.25, -0.2) is 9.78 Å². The number of alkyl carbamates (subject to hydrolysis) is 1. The fourth-order valence-corrected chi connectivity index (χ4v) is 2.86. The zero-order chi connectivity index (χ0) is 19.1. The highest BCUT2D eigenvalue weighted by Crippen LogP contribution is 2.31. The van der Waals surface area contributed by atoms with Crippen LogP contribution in [0, 0.1) is 0 Å². The van der Waals surface area contributed by atoms with E-state index in [-0.39, 0.29) is 6.17 Å². The summed E-state index contributed by atoms with van der Waals surface area (Å²) in [6.45, 7) is 4.40. The molecule has 5 nitrogen and oxygen atoms in total. The highest BCUT2D eigenvalue weighted by molar-refractivity contribution is 5.81. The van der Waals surface area contributed by atoms with Crippen molar-refractivity contribution in [2.24, 2.45) is 0 Å². The van der Waals surface area contributed by atoms with E-state index in [0.29, 0.717) is 6.61 Å². The predicted octanol–water partition coefficient (Wildman–Crippen LogP) is 5.26. The number of benzene rings is 2. The molecule has 3 rings (SSSR count). The van der Waals surface area contributed by atoms with Gasteiger partial charge in [0.25, 0.3) is 0 Å². The van der Waals surface area contributed by atoms with Gasteiger partial charge < -0.3 is 14.6 Å². The Morgan fingerprint density at radius 1 is 1.11 bits per heavy atom. The normalized spacial score (nSPS) is 11.8. The van der Waals surface area contributed by atoms with Gasteiger partial charge >= 0.3 is 6.09 Å². The van der Waals surface area contributed by atoms with Crippen molar-refractivity contribution < 1.29 is 9.53 Å². The number of amides is 1. The molecule has 27 heavy (non-hydrogen) atoms. The van der Waals surface area contributed by atoms with E-state index in [9.17, 15) is 4.79 Å². The van der Waals surface area contributed by atoms with Crippen molar-refractivity contribution in [3.8, 4) is 22.4 Å². The molecule has 1 atom stereocenters. The van der Waals surface area contributed by atoms with Crippen LogP contribution in [0.15, 0.2) is 67.1 Å². The van der Waals surface area contributed by atoms with Gasteiger partial charge in [-0.15, -0.1) is 0 Å². The summed E-state index contributed by atoms with van der Waals surface area (Å²) in [5.41, 5.74) is 4.19. The van der Waals surface area contributed by atoms with Gasteiger partial charge in [-0.1, -0.05) is 67.9 Å². The lowest BCUT2D eigenvalue weighted by atomic mass is 9.98. The zero-order valence-corrected chi connectivity index (χ0v) is 15.8. The second-order valence-electron chi connectivity index (χ2n) is 6.43. The fraction of sp³-hybridized carbons (Fsp3) is 0.273. The van der Waals surface area contributed by atoms with Crippen molar-refractivity contribution in [3.63, 3.8) is 0 Å². The number of aromatic nitrogens is 2. The highest BCUT2D eigenvalue weighted by Gasteiger charge is 2.13. The average Bonchev–Trinajstić information content (AvgIpc) is 3.19. The van der Waals surface area contributed by atoms with Crippen molar-refractivity contribution in [2.45, 2.75) is 32.9 Å². The number of imidazole rings is 1. The average molecular weight is 363 g/mol. The third-order valence-electron chi connectivity index (χ3n) is 4.39. The summed E-state index contributed by atoms with van der Waals surface area (Å²) in [7, 11) is 0. The quantitative estimate of drug-likeness (QED) is 0.582. The number of unbranched alkanes of at least 4 members (excludes halogenated alkanes) is 1. The number of carbonyl (C=O) groups is 1. The smallest absolute Gasteiger partial charge is 0.408 e. The van der Waals surface area contributed by atoms with Gasteiger partial charge in [0.1, 0.15) is 6.17 Å². The van der Waals surface area contributed by atoms with Crippen LogP contribution in [0.1, 0.15) is 32.9 Å². The Labute approximate surface area is 160 Å². The molecule has 1 heterocycles. The molecule has 1 N–H and O–H groups in total. The molecule has 0 spiro atoms. The van der Waals surface area contributed by atoms with Gasteiger partial charge in [0.2, 0.25) is 0 Å². The molecule has 1 amide bonds. The van der Waals surface area contributed by atoms with Gasteiger partial charge in [-0.05, 0) is 24.5 Å². The molecule has 2 aromatic carbocycles. The van der Waals surface area contributed by atoms with Crippen LogP contribution in [-0.2, 0) is 4.74 Å². The van der Waals surface area contributed by atoms with Crippen LogP contribution in [0.4, 0.5) is 4.79 Å². The lowest BCUT2D eigenvalue weighted by molar-refractivity contribution is 0.137. The number of hydrogen-bond donors (Lipinski definition) is 1. The van der Waals surface area contributed by atoms with Crippen molar-refractivity contribution in [3.05, 3.63) is 67.1 Å². The molecular formula is C22H25N3O2. The topological polar surface area (TPSA) is 56.1 Å². The molecule has 0 saturated carbocycles. The van der Waals surface area contributed by atoms with Crippen LogP contribution in [0.3, 0.4) is 0 Å². The maximum Gasteiger partial charge on any atom is 0.408 e. The molecule has 0 unspecified atom stereocenters. The molecular weight excluding hydrogens is 338 g/mol. The number of nitrogens with one attached hydrogen (secondary N) is 1. The Morgan fingerprint density at radius 2 is 1.81 bits per heavy atom. The summed E-state index contributed by atoms with van der Waals surface area (Å²) >= 11 is 0. The Kier molecular flexibility index (Phi) is 6.26. The molecule has 0 aliphatic heterocycles. The number of hydrogen-bond acceptors (Lipinski definition) is 3. The summed E-state index contributed by atoms with van der Waals surface area (Å²) in [6, 6.07) is 18.4. The standard InChI is InChI=1S/C22H25N3O2/c1-3-4-14-27-22(26)24-17(2)25-15-21(23-16-25)20-13-9-8-12-19(20)18-10-6-5-7-11-18/h5-13,15-17H,3-4,14H2,1-2H3,(H,24,26)/t17-/m0/s1. The fourth-order valence-electron chi connectivity index (χ4n) is 2.86. The van der Waals surface area contributed by atoms with Gasteiger partial charge in [0.15, 0.2) is 0 Å². The summed E-state index contributed by atoms with van der Waals surface area (Å²) in [6.07, 6.45) is 4.88. The van der Waals surface area contributed by atoms with Crippen molar-refractivity contribution in [1.82, 2.24) is 14.9 Å². The van der Waals surface area contributed by atoms with Crippen molar-refractivity contribution in [2.75, 3.05) is 6.61 Å². The molecule has 0 aliphatic carbocycles. The molecule has 5 heteroatoms. The van der Waals surface area contributed by atoms with Crippen LogP contribution in [0.5, 0.6) is 0 Å². The van der Waals surface area contributed by atoms with E-state index in [0.717, 1.165) is 35.2 Å². The van der Waals surface area contributed by atoms with Crippen LogP contribution >= 0.6 is 0 Å². The van der Waals surface area contributed by atoms with E-state index in [4.69, 9.17) is 4.74 Å². The Bertz CT molecular complexity index is 874. The summed E-state index contributed by atoms with van der Waals surface area (Å²) in [4.78, 5) is 16.4. The highest BCUT2D eigenvalue weighted by atomic mass is 16.5. The number of carbonyl (C=O) groups excluding carboxylic acids is 1. The second kappa shape index (κ2) is 9.03. The van der Waals surface area contributed by atoms with E-state index >= 15 is 0 Å². The molecule has 140 valence electrons. The largest absolute Gasteiger partial charge is 0.450 e. The summed E-state index contributed by atoms with van der Waals surface area (Å²) < 4.78 is 7.03. The third-order valence-corrected chi connectivity index (χ3v) is 4.39. The van der Waals surface area contributed by atoms with E-state index in [1.807, 2.05) is 48.0 Å². The minimum absolute atomic E-state index is 0.246. The molecule has 1 aromatic heterocycles. The zero-order valence-electron chi connectivity index (χ0n) is 15.8. The van der Waals surface area contributed by atoms with E-state index < -0.39 is 6.09 Å². The first kappa shape index (κ1) is 18.7. The Balaban J connectivity index is 1.76. The van der Waals surface area contributed by atoms with Crippen LogP contribution < -0.4 is 5.32 Å². The van der Waals surface area contributed by atoms with Gasteiger partial charge in [-0.2, -0.15) is 0 Å². The first-order valence-electron chi connectivity index (χ1n) is 9.30. The maximum absolute atomic E-state index is 11.9. The summed E-state index contributed by atoms with van der Waals surface area (Å²) in [5, 5.41) is 2.83. The SMILES string of the molecule is CCCCOC(=O)N[C@H](C)n1cnc(-c2ccccc2-c2ccccc2)c1. The van der Waals surface area contributed by atoms with Crippen LogP contribution in [0.2, 0.25) is 0 Å². The molecule has 0 bridgehead atoms. The Morgan fingerprint density at radius 3 is 2.56 bits per heavy atom. The first-order chi connectivity index (χ1) is 13.2. The first-order valence-corrected chi connectivity index (χ1v) is 9.30. The molecule has 0 aliphatic rings.